The minimum atomic E-state index is 0.0310. The first-order valence-electron chi connectivity index (χ1n) is 7.02. The highest BCUT2D eigenvalue weighted by molar-refractivity contribution is 9.11. The summed E-state index contributed by atoms with van der Waals surface area (Å²) in [7, 11) is 0. The Morgan fingerprint density at radius 2 is 2.19 bits per heavy atom. The summed E-state index contributed by atoms with van der Waals surface area (Å²) >= 11 is 4.93. The summed E-state index contributed by atoms with van der Waals surface area (Å²) in [6.07, 6.45) is 1.02. The topological polar surface area (TPSA) is 32.3 Å². The average molecular weight is 365 g/mol. The molecule has 0 aliphatic carbocycles. The van der Waals surface area contributed by atoms with E-state index < -0.39 is 0 Å². The molecular formula is C16H17BrN2OS. The third kappa shape index (κ3) is 3.93. The van der Waals surface area contributed by atoms with Crippen LogP contribution in [-0.2, 0) is 6.54 Å². The molecule has 1 fully saturated rings. The quantitative estimate of drug-likeness (QED) is 0.899. The van der Waals surface area contributed by atoms with E-state index in [-0.39, 0.29) is 11.9 Å². The van der Waals surface area contributed by atoms with Crippen molar-refractivity contribution in [1.29, 1.82) is 0 Å². The monoisotopic (exact) mass is 364 g/mol. The van der Waals surface area contributed by atoms with Gasteiger partial charge in [0.1, 0.15) is 0 Å². The number of amides is 1. The predicted octanol–water partition coefficient (Wildman–Crippen LogP) is 3.51. The fourth-order valence-corrected chi connectivity index (χ4v) is 3.77. The Morgan fingerprint density at radius 1 is 1.38 bits per heavy atom. The van der Waals surface area contributed by atoms with Crippen molar-refractivity contribution in [2.75, 3.05) is 13.1 Å². The van der Waals surface area contributed by atoms with Gasteiger partial charge in [0, 0.05) is 31.1 Å². The lowest BCUT2D eigenvalue weighted by Crippen LogP contribution is -2.36. The molecule has 0 radical (unpaired) electrons. The largest absolute Gasteiger partial charge is 0.348 e. The number of rotatable bonds is 4. The van der Waals surface area contributed by atoms with Crippen molar-refractivity contribution in [3.8, 4) is 0 Å². The maximum atomic E-state index is 12.1. The maximum absolute atomic E-state index is 12.1. The Kier molecular flexibility index (Phi) is 4.73. The SMILES string of the molecule is O=C(NC1CCN(Cc2ccccc2)C1)c1csc(Br)c1. The zero-order valence-corrected chi connectivity index (χ0v) is 14.0. The van der Waals surface area contributed by atoms with E-state index in [4.69, 9.17) is 0 Å². The van der Waals surface area contributed by atoms with Gasteiger partial charge < -0.3 is 5.32 Å². The Hall–Kier alpha value is -1.17. The molecule has 1 unspecified atom stereocenters. The highest BCUT2D eigenvalue weighted by Crippen LogP contribution is 2.21. The van der Waals surface area contributed by atoms with Crippen LogP contribution in [0, 0.1) is 0 Å². The van der Waals surface area contributed by atoms with Crippen LogP contribution in [0.15, 0.2) is 45.6 Å². The first kappa shape index (κ1) is 14.8. The van der Waals surface area contributed by atoms with Crippen LogP contribution in [0.1, 0.15) is 22.3 Å². The van der Waals surface area contributed by atoms with Crippen LogP contribution in [0.5, 0.6) is 0 Å². The van der Waals surface area contributed by atoms with Gasteiger partial charge in [-0.05, 0) is 34.0 Å². The van der Waals surface area contributed by atoms with Crippen molar-refractivity contribution in [1.82, 2.24) is 10.2 Å². The maximum Gasteiger partial charge on any atom is 0.252 e. The number of nitrogens with one attached hydrogen (secondary N) is 1. The molecule has 1 aromatic heterocycles. The van der Waals surface area contributed by atoms with Gasteiger partial charge in [0.25, 0.3) is 5.91 Å². The second-order valence-corrected chi connectivity index (χ2v) is 7.61. The molecule has 0 bridgehead atoms. The lowest BCUT2D eigenvalue weighted by molar-refractivity contribution is 0.0938. The minimum Gasteiger partial charge on any atom is -0.348 e. The zero-order chi connectivity index (χ0) is 14.7. The molecule has 1 atom stereocenters. The lowest BCUT2D eigenvalue weighted by atomic mass is 10.2. The summed E-state index contributed by atoms with van der Waals surface area (Å²) in [4.78, 5) is 14.5. The number of hydrogen-bond donors (Lipinski definition) is 1. The van der Waals surface area contributed by atoms with Gasteiger partial charge in [0.2, 0.25) is 0 Å². The summed E-state index contributed by atoms with van der Waals surface area (Å²) in [6.45, 7) is 2.91. The van der Waals surface area contributed by atoms with Gasteiger partial charge in [0.05, 0.1) is 9.35 Å². The fraction of sp³-hybridized carbons (Fsp3) is 0.312. The summed E-state index contributed by atoms with van der Waals surface area (Å²) in [6, 6.07) is 12.6. The first-order chi connectivity index (χ1) is 10.2. The van der Waals surface area contributed by atoms with E-state index >= 15 is 0 Å². The number of carbonyl (C=O) groups excluding carboxylic acids is 1. The van der Waals surface area contributed by atoms with Crippen molar-refractivity contribution in [3.63, 3.8) is 0 Å². The number of hydrogen-bond acceptors (Lipinski definition) is 3. The third-order valence-corrected chi connectivity index (χ3v) is 5.19. The van der Waals surface area contributed by atoms with E-state index in [9.17, 15) is 4.79 Å². The molecule has 2 aromatic rings. The van der Waals surface area contributed by atoms with E-state index in [2.05, 4.69) is 50.4 Å². The van der Waals surface area contributed by atoms with Crippen LogP contribution in [0.25, 0.3) is 0 Å². The Balaban J connectivity index is 1.52. The second kappa shape index (κ2) is 6.73. The van der Waals surface area contributed by atoms with Gasteiger partial charge in [-0.25, -0.2) is 0 Å². The van der Waals surface area contributed by atoms with Crippen molar-refractivity contribution < 1.29 is 4.79 Å². The van der Waals surface area contributed by atoms with Gasteiger partial charge in [-0.1, -0.05) is 30.3 Å². The molecule has 1 aromatic carbocycles. The summed E-state index contributed by atoms with van der Waals surface area (Å²) < 4.78 is 0.991. The smallest absolute Gasteiger partial charge is 0.252 e. The minimum absolute atomic E-state index is 0.0310. The molecule has 3 nitrogen and oxygen atoms in total. The van der Waals surface area contributed by atoms with Crippen LogP contribution >= 0.6 is 27.3 Å². The van der Waals surface area contributed by atoms with Crippen molar-refractivity contribution in [2.24, 2.45) is 0 Å². The van der Waals surface area contributed by atoms with E-state index in [0.29, 0.717) is 0 Å². The Bertz CT molecular complexity index is 614. The number of nitrogens with zero attached hydrogens (tertiary/aromatic N) is 1. The number of likely N-dealkylation sites (tertiary alicyclic amines) is 1. The molecule has 1 aliphatic heterocycles. The number of halogens is 1. The van der Waals surface area contributed by atoms with Gasteiger partial charge in [-0.15, -0.1) is 11.3 Å². The highest BCUT2D eigenvalue weighted by Gasteiger charge is 2.24. The molecular weight excluding hydrogens is 348 g/mol. The molecule has 1 saturated heterocycles. The van der Waals surface area contributed by atoms with Gasteiger partial charge >= 0.3 is 0 Å². The molecule has 1 amide bonds. The molecule has 5 heteroatoms. The van der Waals surface area contributed by atoms with Crippen LogP contribution < -0.4 is 5.32 Å². The first-order valence-corrected chi connectivity index (χ1v) is 8.69. The van der Waals surface area contributed by atoms with Gasteiger partial charge in [-0.2, -0.15) is 0 Å². The van der Waals surface area contributed by atoms with Crippen LogP contribution in [0.3, 0.4) is 0 Å². The Labute approximate surface area is 137 Å². The van der Waals surface area contributed by atoms with E-state index in [1.165, 1.54) is 16.9 Å². The number of thiophene rings is 1. The molecule has 110 valence electrons. The summed E-state index contributed by atoms with van der Waals surface area (Å²) in [5.74, 6) is 0.0310. The van der Waals surface area contributed by atoms with Gasteiger partial charge in [0.15, 0.2) is 0 Å². The molecule has 1 N–H and O–H groups in total. The Morgan fingerprint density at radius 3 is 2.90 bits per heavy atom. The van der Waals surface area contributed by atoms with Crippen molar-refractivity contribution in [2.45, 2.75) is 19.0 Å². The standard InChI is InChI=1S/C16H17BrN2OS/c17-15-8-13(11-21-15)16(20)18-14-6-7-19(10-14)9-12-4-2-1-3-5-12/h1-5,8,11,14H,6-7,9-10H2,(H,18,20). The summed E-state index contributed by atoms with van der Waals surface area (Å²) in [5.41, 5.74) is 2.07. The number of carbonyl (C=O) groups is 1. The van der Waals surface area contributed by atoms with E-state index in [0.717, 1.165) is 35.4 Å². The van der Waals surface area contributed by atoms with Crippen LogP contribution in [0.2, 0.25) is 0 Å². The molecule has 2 heterocycles. The van der Waals surface area contributed by atoms with E-state index in [1.54, 1.807) is 0 Å². The normalized spacial score (nSPS) is 18.8. The molecule has 3 rings (SSSR count). The number of benzene rings is 1. The van der Waals surface area contributed by atoms with Crippen molar-refractivity contribution in [3.05, 3.63) is 56.7 Å². The van der Waals surface area contributed by atoms with Crippen LogP contribution in [-0.4, -0.2) is 29.9 Å². The summed E-state index contributed by atoms with van der Waals surface area (Å²) in [5, 5.41) is 5.01. The highest BCUT2D eigenvalue weighted by atomic mass is 79.9. The third-order valence-electron chi connectivity index (χ3n) is 3.69. The lowest BCUT2D eigenvalue weighted by Gasteiger charge is -2.16. The van der Waals surface area contributed by atoms with Gasteiger partial charge in [-0.3, -0.25) is 9.69 Å². The molecule has 21 heavy (non-hydrogen) atoms. The average Bonchev–Trinajstić information content (AvgIpc) is 3.09. The van der Waals surface area contributed by atoms with Crippen molar-refractivity contribution >= 4 is 33.2 Å². The molecule has 0 saturated carbocycles. The fourth-order valence-electron chi connectivity index (χ4n) is 2.63. The molecule has 0 spiro atoms. The zero-order valence-electron chi connectivity index (χ0n) is 11.6. The molecule has 1 aliphatic rings. The van der Waals surface area contributed by atoms with E-state index in [1.807, 2.05) is 17.5 Å². The predicted molar refractivity (Wildman–Crippen MR) is 89.6 cm³/mol. The van der Waals surface area contributed by atoms with Crippen LogP contribution in [0.4, 0.5) is 0 Å². The second-order valence-electron chi connectivity index (χ2n) is 5.32.